The van der Waals surface area contributed by atoms with Crippen LogP contribution in [-0.4, -0.2) is 41.9 Å². The zero-order valence-electron chi connectivity index (χ0n) is 14.2. The maximum absolute atomic E-state index is 12.4. The first-order valence-electron chi connectivity index (χ1n) is 7.81. The fourth-order valence-corrected chi connectivity index (χ4v) is 2.35. The van der Waals surface area contributed by atoms with E-state index in [2.05, 4.69) is 5.32 Å². The highest BCUT2D eigenvalue weighted by Crippen LogP contribution is 2.16. The van der Waals surface area contributed by atoms with Gasteiger partial charge in [-0.05, 0) is 36.2 Å². The summed E-state index contributed by atoms with van der Waals surface area (Å²) in [4.78, 5) is 36.8. The van der Waals surface area contributed by atoms with Gasteiger partial charge in [0.15, 0.2) is 0 Å². The third kappa shape index (κ3) is 4.91. The van der Waals surface area contributed by atoms with E-state index in [0.29, 0.717) is 18.5 Å². The molecule has 0 saturated heterocycles. The lowest BCUT2D eigenvalue weighted by Gasteiger charge is -2.11. The van der Waals surface area contributed by atoms with Crippen molar-refractivity contribution in [3.63, 3.8) is 0 Å². The second-order valence-electron chi connectivity index (χ2n) is 5.79. The van der Waals surface area contributed by atoms with E-state index in [1.165, 1.54) is 17.0 Å². The second kappa shape index (κ2) is 8.10. The monoisotopic (exact) mass is 340 g/mol. The number of nitrogens with zero attached hydrogens (tertiary/aromatic N) is 1. The number of rotatable bonds is 6. The Morgan fingerprint density at radius 3 is 2.32 bits per heavy atom. The van der Waals surface area contributed by atoms with E-state index in [1.54, 1.807) is 44.4 Å². The molecule has 2 N–H and O–H groups in total. The Bertz CT molecular complexity index is 800. The molecule has 6 nitrogen and oxygen atoms in total. The Morgan fingerprint density at radius 2 is 1.68 bits per heavy atom. The highest BCUT2D eigenvalue weighted by Gasteiger charge is 2.16. The number of carbonyl (C=O) groups excluding carboxylic acids is 2. The molecule has 2 aromatic carbocycles. The number of amides is 2. The standard InChI is InChI=1S/C19H20N2O4/c1-21(2)17(22)11-10-13-6-5-7-14(12-13)20-18(23)15-8-3-4-9-16(15)19(24)25/h3-9,12H,10-11H2,1-2H3,(H,20,23)(H,24,25). The minimum Gasteiger partial charge on any atom is -0.478 e. The Kier molecular flexibility index (Phi) is 5.89. The molecule has 0 atom stereocenters. The van der Waals surface area contributed by atoms with Crippen LogP contribution in [0.1, 0.15) is 32.7 Å². The Labute approximate surface area is 146 Å². The Balaban J connectivity index is 2.11. The van der Waals surface area contributed by atoms with Gasteiger partial charge in [0.1, 0.15) is 0 Å². The van der Waals surface area contributed by atoms with Crippen LogP contribution in [0.5, 0.6) is 0 Å². The van der Waals surface area contributed by atoms with E-state index >= 15 is 0 Å². The number of carbonyl (C=O) groups is 3. The smallest absolute Gasteiger partial charge is 0.336 e. The van der Waals surface area contributed by atoms with E-state index in [0.717, 1.165) is 5.56 Å². The molecule has 0 saturated carbocycles. The van der Waals surface area contributed by atoms with Gasteiger partial charge < -0.3 is 15.3 Å². The average molecular weight is 340 g/mol. The molecule has 2 amide bonds. The van der Waals surface area contributed by atoms with Crippen molar-refractivity contribution in [3.8, 4) is 0 Å². The summed E-state index contributed by atoms with van der Waals surface area (Å²) in [5.74, 6) is -1.61. The molecule has 0 aromatic heterocycles. The minimum absolute atomic E-state index is 0.0322. The van der Waals surface area contributed by atoms with Crippen LogP contribution in [0.4, 0.5) is 5.69 Å². The molecular weight excluding hydrogens is 320 g/mol. The average Bonchev–Trinajstić information content (AvgIpc) is 2.59. The van der Waals surface area contributed by atoms with Gasteiger partial charge in [0.25, 0.3) is 5.91 Å². The lowest BCUT2D eigenvalue weighted by atomic mass is 10.1. The number of anilines is 1. The van der Waals surface area contributed by atoms with Crippen molar-refractivity contribution < 1.29 is 19.5 Å². The van der Waals surface area contributed by atoms with Crippen molar-refractivity contribution in [1.29, 1.82) is 0 Å². The van der Waals surface area contributed by atoms with Gasteiger partial charge in [0, 0.05) is 26.2 Å². The van der Waals surface area contributed by atoms with E-state index in [-0.39, 0.29) is 17.0 Å². The third-order valence-corrected chi connectivity index (χ3v) is 3.71. The van der Waals surface area contributed by atoms with Crippen molar-refractivity contribution >= 4 is 23.5 Å². The summed E-state index contributed by atoms with van der Waals surface area (Å²) in [6.45, 7) is 0. The molecule has 0 bridgehead atoms. The van der Waals surface area contributed by atoms with Gasteiger partial charge in [-0.15, -0.1) is 0 Å². The first kappa shape index (κ1) is 18.2. The molecule has 0 radical (unpaired) electrons. The van der Waals surface area contributed by atoms with Gasteiger partial charge in [-0.25, -0.2) is 4.79 Å². The topological polar surface area (TPSA) is 86.7 Å². The van der Waals surface area contributed by atoms with Gasteiger partial charge in [0.2, 0.25) is 5.91 Å². The van der Waals surface area contributed by atoms with Crippen LogP contribution >= 0.6 is 0 Å². The minimum atomic E-state index is -1.15. The number of aryl methyl sites for hydroxylation is 1. The molecule has 2 rings (SSSR count). The Hall–Kier alpha value is -3.15. The van der Waals surface area contributed by atoms with Gasteiger partial charge in [0.05, 0.1) is 11.1 Å². The molecule has 25 heavy (non-hydrogen) atoms. The number of nitrogens with one attached hydrogen (secondary N) is 1. The van der Waals surface area contributed by atoms with E-state index in [1.807, 2.05) is 6.07 Å². The maximum Gasteiger partial charge on any atom is 0.336 e. The molecule has 0 aliphatic rings. The van der Waals surface area contributed by atoms with Crippen LogP contribution in [-0.2, 0) is 11.2 Å². The van der Waals surface area contributed by atoms with Gasteiger partial charge in [-0.3, -0.25) is 9.59 Å². The summed E-state index contributed by atoms with van der Waals surface area (Å²) in [5.41, 5.74) is 1.52. The number of hydrogen-bond donors (Lipinski definition) is 2. The summed E-state index contributed by atoms with van der Waals surface area (Å²) in [5, 5.41) is 11.9. The van der Waals surface area contributed by atoms with Crippen LogP contribution in [0.3, 0.4) is 0 Å². The lowest BCUT2D eigenvalue weighted by Crippen LogP contribution is -2.21. The molecule has 0 aliphatic heterocycles. The van der Waals surface area contributed by atoms with E-state index in [4.69, 9.17) is 0 Å². The number of carboxylic acids is 1. The van der Waals surface area contributed by atoms with Crippen molar-refractivity contribution in [2.75, 3.05) is 19.4 Å². The number of hydrogen-bond acceptors (Lipinski definition) is 3. The molecule has 2 aromatic rings. The van der Waals surface area contributed by atoms with Crippen molar-refractivity contribution in [1.82, 2.24) is 4.90 Å². The third-order valence-electron chi connectivity index (χ3n) is 3.71. The molecule has 0 unspecified atom stereocenters. The van der Waals surface area contributed by atoms with Crippen LogP contribution in [0, 0.1) is 0 Å². The van der Waals surface area contributed by atoms with Crippen molar-refractivity contribution in [3.05, 3.63) is 65.2 Å². The first-order chi connectivity index (χ1) is 11.9. The SMILES string of the molecule is CN(C)C(=O)CCc1cccc(NC(=O)c2ccccc2C(=O)O)c1. The van der Waals surface area contributed by atoms with Crippen LogP contribution < -0.4 is 5.32 Å². The zero-order valence-corrected chi connectivity index (χ0v) is 14.2. The predicted molar refractivity (Wildman–Crippen MR) is 94.8 cm³/mol. The quantitative estimate of drug-likeness (QED) is 0.846. The molecular formula is C19H20N2O4. The molecule has 0 fully saturated rings. The normalized spacial score (nSPS) is 10.2. The number of aromatic carboxylic acids is 1. The molecule has 0 spiro atoms. The van der Waals surface area contributed by atoms with Gasteiger partial charge in [-0.2, -0.15) is 0 Å². The van der Waals surface area contributed by atoms with Crippen LogP contribution in [0.2, 0.25) is 0 Å². The highest BCUT2D eigenvalue weighted by atomic mass is 16.4. The first-order valence-corrected chi connectivity index (χ1v) is 7.81. The Morgan fingerprint density at radius 1 is 1.00 bits per heavy atom. The number of benzene rings is 2. The van der Waals surface area contributed by atoms with Crippen LogP contribution in [0.15, 0.2) is 48.5 Å². The fourth-order valence-electron chi connectivity index (χ4n) is 2.35. The molecule has 0 aliphatic carbocycles. The van der Waals surface area contributed by atoms with Gasteiger partial charge in [-0.1, -0.05) is 24.3 Å². The van der Waals surface area contributed by atoms with Gasteiger partial charge >= 0.3 is 5.97 Å². The summed E-state index contributed by atoms with van der Waals surface area (Å²) in [6.07, 6.45) is 0.943. The predicted octanol–water partition coefficient (Wildman–Crippen LogP) is 2.66. The molecule has 6 heteroatoms. The summed E-state index contributed by atoms with van der Waals surface area (Å²) in [7, 11) is 3.41. The zero-order chi connectivity index (χ0) is 18.4. The molecule has 130 valence electrons. The summed E-state index contributed by atoms with van der Waals surface area (Å²) in [6, 6.07) is 13.2. The largest absolute Gasteiger partial charge is 0.478 e. The lowest BCUT2D eigenvalue weighted by molar-refractivity contribution is -0.128. The van der Waals surface area contributed by atoms with Crippen molar-refractivity contribution in [2.24, 2.45) is 0 Å². The fraction of sp³-hybridized carbons (Fsp3) is 0.211. The highest BCUT2D eigenvalue weighted by molar-refractivity contribution is 6.10. The van der Waals surface area contributed by atoms with Crippen molar-refractivity contribution in [2.45, 2.75) is 12.8 Å². The van der Waals surface area contributed by atoms with Crippen LogP contribution in [0.25, 0.3) is 0 Å². The summed E-state index contributed by atoms with van der Waals surface area (Å²) >= 11 is 0. The maximum atomic E-state index is 12.4. The second-order valence-corrected chi connectivity index (χ2v) is 5.79. The van der Waals surface area contributed by atoms with E-state index < -0.39 is 11.9 Å². The van der Waals surface area contributed by atoms with E-state index in [9.17, 15) is 19.5 Å². The molecule has 0 heterocycles. The number of carboxylic acid groups (broad SMARTS) is 1. The summed E-state index contributed by atoms with van der Waals surface area (Å²) < 4.78 is 0.